The van der Waals surface area contributed by atoms with Crippen LogP contribution in [-0.4, -0.2) is 0 Å². The minimum Gasteiger partial charge on any atom is -0.0619 e. The molecule has 0 atom stereocenters. The van der Waals surface area contributed by atoms with E-state index >= 15 is 0 Å². The average molecular weight is 523 g/mol. The van der Waals surface area contributed by atoms with E-state index in [1.165, 1.54) is 99.1 Å². The normalized spacial score (nSPS) is 14.0. The molecule has 0 nitrogen and oxygen atoms in total. The Morgan fingerprint density at radius 2 is 1.12 bits per heavy atom. The molecule has 0 heterocycles. The van der Waals surface area contributed by atoms with Crippen LogP contribution in [0, 0.1) is 13.8 Å². The third kappa shape index (κ3) is 2.90. The van der Waals surface area contributed by atoms with E-state index < -0.39 is 0 Å². The van der Waals surface area contributed by atoms with Crippen molar-refractivity contribution in [3.63, 3.8) is 0 Å². The molecule has 194 valence electrons. The lowest BCUT2D eigenvalue weighted by Gasteiger charge is -2.22. The highest BCUT2D eigenvalue weighted by atomic mass is 14.4. The molecule has 7 aromatic rings. The molecule has 41 heavy (non-hydrogen) atoms. The minimum atomic E-state index is -0.0247. The second kappa shape index (κ2) is 7.74. The van der Waals surface area contributed by atoms with Gasteiger partial charge in [-0.3, -0.25) is 0 Å². The molecular formula is C41H30. The topological polar surface area (TPSA) is 0 Å². The van der Waals surface area contributed by atoms with Crippen molar-refractivity contribution in [2.45, 2.75) is 33.1 Å². The third-order valence-electron chi connectivity index (χ3n) is 9.98. The molecule has 0 N–H and O–H groups in total. The summed E-state index contributed by atoms with van der Waals surface area (Å²) >= 11 is 0. The van der Waals surface area contributed by atoms with Crippen molar-refractivity contribution in [1.29, 1.82) is 0 Å². The van der Waals surface area contributed by atoms with Crippen LogP contribution in [0.1, 0.15) is 36.1 Å². The van der Waals surface area contributed by atoms with Gasteiger partial charge in [-0.15, -0.1) is 0 Å². The van der Waals surface area contributed by atoms with Crippen molar-refractivity contribution in [2.75, 3.05) is 0 Å². The average Bonchev–Trinajstić information content (AvgIpc) is 3.44. The zero-order chi connectivity index (χ0) is 27.6. The highest BCUT2D eigenvalue weighted by molar-refractivity contribution is 6.29. The molecule has 0 saturated carbocycles. The first kappa shape index (κ1) is 23.1. The summed E-state index contributed by atoms with van der Waals surface area (Å²) in [6.45, 7) is 9.21. The van der Waals surface area contributed by atoms with Gasteiger partial charge in [0.2, 0.25) is 0 Å². The second-order valence-electron chi connectivity index (χ2n) is 12.6. The van der Waals surface area contributed by atoms with Crippen molar-refractivity contribution >= 4 is 32.3 Å². The first-order valence-corrected chi connectivity index (χ1v) is 14.7. The quantitative estimate of drug-likeness (QED) is 0.188. The molecule has 2 aliphatic carbocycles. The van der Waals surface area contributed by atoms with E-state index in [9.17, 15) is 0 Å². The molecule has 7 aromatic carbocycles. The molecule has 0 fully saturated rings. The highest BCUT2D eigenvalue weighted by Crippen LogP contribution is 2.53. The number of fused-ring (bicyclic) bond motifs is 10. The SMILES string of the molecule is Cc1ccc2c(c1)c(-c1ccc3c(c1)C(C)(C)c1ccccc1-3)cc1c3ccc(C)c4c3c(cc21)-c1ccccc1-4. The van der Waals surface area contributed by atoms with Gasteiger partial charge in [-0.2, -0.15) is 0 Å². The number of hydrogen-bond donors (Lipinski definition) is 0. The van der Waals surface area contributed by atoms with Crippen LogP contribution in [0.3, 0.4) is 0 Å². The van der Waals surface area contributed by atoms with Crippen LogP contribution in [-0.2, 0) is 5.41 Å². The summed E-state index contributed by atoms with van der Waals surface area (Å²) in [5, 5.41) is 8.10. The summed E-state index contributed by atoms with van der Waals surface area (Å²) in [6, 6.07) is 41.6. The van der Waals surface area contributed by atoms with Gasteiger partial charge >= 0.3 is 0 Å². The summed E-state index contributed by atoms with van der Waals surface area (Å²) in [5.74, 6) is 0. The van der Waals surface area contributed by atoms with Gasteiger partial charge in [0.1, 0.15) is 0 Å². The van der Waals surface area contributed by atoms with Crippen LogP contribution < -0.4 is 0 Å². The molecule has 0 saturated heterocycles. The van der Waals surface area contributed by atoms with E-state index in [-0.39, 0.29) is 5.41 Å². The zero-order valence-electron chi connectivity index (χ0n) is 23.9. The maximum atomic E-state index is 2.48. The van der Waals surface area contributed by atoms with Gasteiger partial charge in [-0.1, -0.05) is 110 Å². The van der Waals surface area contributed by atoms with Crippen molar-refractivity contribution < 1.29 is 0 Å². The Morgan fingerprint density at radius 3 is 1.98 bits per heavy atom. The Balaban J connectivity index is 1.40. The van der Waals surface area contributed by atoms with Gasteiger partial charge in [0.25, 0.3) is 0 Å². The van der Waals surface area contributed by atoms with Gasteiger partial charge in [-0.05, 0) is 126 Å². The van der Waals surface area contributed by atoms with Crippen molar-refractivity contribution in [3.05, 3.63) is 131 Å². The summed E-state index contributed by atoms with van der Waals surface area (Å²) < 4.78 is 0. The fraction of sp³-hybridized carbons (Fsp3) is 0.122. The van der Waals surface area contributed by atoms with Crippen LogP contribution >= 0.6 is 0 Å². The third-order valence-corrected chi connectivity index (χ3v) is 9.98. The fourth-order valence-corrected chi connectivity index (χ4v) is 7.97. The zero-order valence-corrected chi connectivity index (χ0v) is 23.9. The second-order valence-corrected chi connectivity index (χ2v) is 12.6. The van der Waals surface area contributed by atoms with E-state index in [1.54, 1.807) is 0 Å². The van der Waals surface area contributed by atoms with Gasteiger partial charge in [0, 0.05) is 5.41 Å². The summed E-state index contributed by atoms with van der Waals surface area (Å²) in [5.41, 5.74) is 16.3. The Hall–Kier alpha value is -4.68. The van der Waals surface area contributed by atoms with Crippen molar-refractivity contribution in [1.82, 2.24) is 0 Å². The van der Waals surface area contributed by atoms with E-state index in [4.69, 9.17) is 0 Å². The molecule has 9 rings (SSSR count). The van der Waals surface area contributed by atoms with Crippen LogP contribution in [0.2, 0.25) is 0 Å². The molecule has 0 aliphatic heterocycles. The lowest BCUT2D eigenvalue weighted by Crippen LogP contribution is -2.14. The van der Waals surface area contributed by atoms with Gasteiger partial charge in [-0.25, -0.2) is 0 Å². The Labute approximate surface area is 240 Å². The minimum absolute atomic E-state index is 0.0247. The number of aryl methyl sites for hydroxylation is 2. The summed E-state index contributed by atoms with van der Waals surface area (Å²) in [4.78, 5) is 0. The van der Waals surface area contributed by atoms with Gasteiger partial charge in [0.15, 0.2) is 0 Å². The van der Waals surface area contributed by atoms with E-state index in [0.717, 1.165) is 0 Å². The van der Waals surface area contributed by atoms with Crippen LogP contribution in [0.5, 0.6) is 0 Å². The van der Waals surface area contributed by atoms with Crippen LogP contribution in [0.4, 0.5) is 0 Å². The Kier molecular flexibility index (Phi) is 4.35. The van der Waals surface area contributed by atoms with Crippen molar-refractivity contribution in [3.8, 4) is 44.5 Å². The lowest BCUT2D eigenvalue weighted by molar-refractivity contribution is 0.660. The molecule has 0 aromatic heterocycles. The monoisotopic (exact) mass is 522 g/mol. The van der Waals surface area contributed by atoms with E-state index in [0.29, 0.717) is 0 Å². The molecule has 2 aliphatic rings. The predicted molar refractivity (Wildman–Crippen MR) is 176 cm³/mol. The predicted octanol–water partition coefficient (Wildman–Crippen LogP) is 11.4. The Morgan fingerprint density at radius 1 is 0.439 bits per heavy atom. The maximum absolute atomic E-state index is 2.48. The lowest BCUT2D eigenvalue weighted by atomic mass is 9.81. The summed E-state index contributed by atoms with van der Waals surface area (Å²) in [7, 11) is 0. The molecule has 0 heteroatoms. The smallest absolute Gasteiger partial charge is 0.0159 e. The van der Waals surface area contributed by atoms with Crippen LogP contribution in [0.15, 0.2) is 109 Å². The van der Waals surface area contributed by atoms with Gasteiger partial charge in [0.05, 0.1) is 0 Å². The van der Waals surface area contributed by atoms with E-state index in [1.807, 2.05) is 0 Å². The van der Waals surface area contributed by atoms with Gasteiger partial charge < -0.3 is 0 Å². The van der Waals surface area contributed by atoms with Crippen molar-refractivity contribution in [2.24, 2.45) is 0 Å². The maximum Gasteiger partial charge on any atom is 0.0159 e. The standard InChI is InChI=1S/C41H30/c1-23-13-16-27-33(19-23)32(25-15-18-29-28-10-7-8-12-37(28)41(3,4)38(29)20-25)21-35-31-17-14-24(2)39-30-11-6-5-9-26(30)36(40(31)39)22-34(27)35/h5-22H,1-4H3. The molecule has 0 spiro atoms. The molecule has 0 unspecified atom stereocenters. The Bertz CT molecular complexity index is 2290. The van der Waals surface area contributed by atoms with E-state index in [2.05, 4.69) is 137 Å². The molecule has 0 amide bonds. The largest absolute Gasteiger partial charge is 0.0619 e. The number of rotatable bonds is 1. The number of hydrogen-bond acceptors (Lipinski definition) is 0. The fourth-order valence-electron chi connectivity index (χ4n) is 7.97. The number of benzene rings is 7. The first-order valence-electron chi connectivity index (χ1n) is 14.7. The van der Waals surface area contributed by atoms with Crippen LogP contribution in [0.25, 0.3) is 76.8 Å². The molecule has 0 radical (unpaired) electrons. The summed E-state index contributed by atoms with van der Waals surface area (Å²) in [6.07, 6.45) is 0. The first-order chi connectivity index (χ1) is 19.9. The molecule has 0 bridgehead atoms. The molecular weight excluding hydrogens is 492 g/mol. The highest BCUT2D eigenvalue weighted by Gasteiger charge is 2.35.